The number of aryl methyl sites for hydroxylation is 1. The van der Waals surface area contributed by atoms with E-state index in [0.717, 1.165) is 39.6 Å². The molecule has 4 rings (SSSR count). The van der Waals surface area contributed by atoms with E-state index in [1.807, 2.05) is 36.7 Å². The summed E-state index contributed by atoms with van der Waals surface area (Å²) in [6, 6.07) is 11.8. The zero-order valence-electron chi connectivity index (χ0n) is 18.7. The maximum Gasteiger partial charge on any atom is 0.311 e. The zero-order chi connectivity index (χ0) is 25.1. The monoisotopic (exact) mass is 542 g/mol. The lowest BCUT2D eigenvalue weighted by molar-refractivity contribution is -0.386. The number of benzene rings is 2. The van der Waals surface area contributed by atoms with Crippen molar-refractivity contribution in [2.45, 2.75) is 27.1 Å². The van der Waals surface area contributed by atoms with E-state index in [1.165, 1.54) is 16.9 Å². The van der Waals surface area contributed by atoms with Crippen LogP contribution in [0.3, 0.4) is 0 Å². The standard InChI is InChI=1S/C23H20BrFN6O4/c1-14-22(24)15(2)30(27-14)12-16-4-3-5-18(10-16)26-23(32)19-8-9-29(28-19)13-35-21-11-17(25)6-7-20(21)31(33)34/h3-11H,12-13H2,1-2H3,(H,26,32). The van der Waals surface area contributed by atoms with Crippen molar-refractivity contribution in [1.82, 2.24) is 19.6 Å². The minimum absolute atomic E-state index is 0.121. The van der Waals surface area contributed by atoms with Gasteiger partial charge >= 0.3 is 5.69 Å². The van der Waals surface area contributed by atoms with E-state index in [2.05, 4.69) is 31.4 Å². The van der Waals surface area contributed by atoms with E-state index in [0.29, 0.717) is 12.2 Å². The number of hydrogen-bond acceptors (Lipinski definition) is 6. The summed E-state index contributed by atoms with van der Waals surface area (Å²) in [7, 11) is 0. The fraction of sp³-hybridized carbons (Fsp3) is 0.174. The Morgan fingerprint density at radius 2 is 2.00 bits per heavy atom. The number of halogens is 2. The van der Waals surface area contributed by atoms with Crippen LogP contribution in [0.15, 0.2) is 59.2 Å². The number of anilines is 1. The Morgan fingerprint density at radius 3 is 2.71 bits per heavy atom. The molecule has 0 aliphatic carbocycles. The van der Waals surface area contributed by atoms with E-state index in [4.69, 9.17) is 4.74 Å². The van der Waals surface area contributed by atoms with Crippen molar-refractivity contribution >= 4 is 33.2 Å². The Balaban J connectivity index is 1.41. The highest BCUT2D eigenvalue weighted by atomic mass is 79.9. The van der Waals surface area contributed by atoms with Gasteiger partial charge in [-0.2, -0.15) is 10.2 Å². The van der Waals surface area contributed by atoms with Crippen LogP contribution in [0, 0.1) is 29.8 Å². The topological polar surface area (TPSA) is 117 Å². The average Bonchev–Trinajstić information content (AvgIpc) is 3.39. The predicted octanol–water partition coefficient (Wildman–Crippen LogP) is 4.84. The molecule has 10 nitrogen and oxygen atoms in total. The Morgan fingerprint density at radius 1 is 1.20 bits per heavy atom. The van der Waals surface area contributed by atoms with Crippen LogP contribution in [0.5, 0.6) is 5.75 Å². The molecule has 0 radical (unpaired) electrons. The SMILES string of the molecule is Cc1nn(Cc2cccc(NC(=O)c3ccn(COc4cc(F)ccc4[N+](=O)[O-])n3)c2)c(C)c1Br. The second-order valence-electron chi connectivity index (χ2n) is 7.68. The van der Waals surface area contributed by atoms with Gasteiger partial charge in [0.15, 0.2) is 12.4 Å². The summed E-state index contributed by atoms with van der Waals surface area (Å²) in [5.41, 5.74) is 3.21. The molecule has 12 heteroatoms. The van der Waals surface area contributed by atoms with E-state index < -0.39 is 16.6 Å². The lowest BCUT2D eigenvalue weighted by atomic mass is 10.2. The third-order valence-corrected chi connectivity index (χ3v) is 6.30. The molecule has 0 atom stereocenters. The summed E-state index contributed by atoms with van der Waals surface area (Å²) in [4.78, 5) is 23.1. The number of carbonyl (C=O) groups excluding carboxylic acids is 1. The normalized spacial score (nSPS) is 10.9. The third kappa shape index (κ3) is 5.54. The molecule has 180 valence electrons. The Kier molecular flexibility index (Phi) is 6.92. The lowest BCUT2D eigenvalue weighted by Crippen LogP contribution is -2.14. The molecule has 0 unspecified atom stereocenters. The van der Waals surface area contributed by atoms with Crippen LogP contribution in [0.2, 0.25) is 0 Å². The van der Waals surface area contributed by atoms with Gasteiger partial charge in [0.25, 0.3) is 5.91 Å². The number of nitro groups is 1. The molecule has 2 heterocycles. The average molecular weight is 543 g/mol. The van der Waals surface area contributed by atoms with Gasteiger partial charge in [0.05, 0.1) is 27.3 Å². The van der Waals surface area contributed by atoms with Gasteiger partial charge in [-0.05, 0) is 59.6 Å². The van der Waals surface area contributed by atoms with Gasteiger partial charge in [0.1, 0.15) is 5.82 Å². The van der Waals surface area contributed by atoms with Crippen LogP contribution in [0.25, 0.3) is 0 Å². The number of hydrogen-bond donors (Lipinski definition) is 1. The maximum absolute atomic E-state index is 13.5. The van der Waals surface area contributed by atoms with Crippen molar-refractivity contribution < 1.29 is 18.8 Å². The van der Waals surface area contributed by atoms with Gasteiger partial charge in [0, 0.05) is 24.0 Å². The van der Waals surface area contributed by atoms with Crippen LogP contribution in [0.4, 0.5) is 15.8 Å². The number of nitrogens with one attached hydrogen (secondary N) is 1. The number of rotatable bonds is 8. The van der Waals surface area contributed by atoms with Gasteiger partial charge in [-0.25, -0.2) is 9.07 Å². The van der Waals surface area contributed by atoms with E-state index in [9.17, 15) is 19.3 Å². The first-order valence-corrected chi connectivity index (χ1v) is 11.2. The molecule has 0 saturated carbocycles. The van der Waals surface area contributed by atoms with E-state index in [1.54, 1.807) is 6.07 Å². The van der Waals surface area contributed by atoms with Gasteiger partial charge in [-0.3, -0.25) is 19.6 Å². The molecule has 0 bridgehead atoms. The molecule has 0 saturated heterocycles. The quantitative estimate of drug-likeness (QED) is 0.251. The van der Waals surface area contributed by atoms with Gasteiger partial charge in [-0.1, -0.05) is 12.1 Å². The predicted molar refractivity (Wildman–Crippen MR) is 129 cm³/mol. The summed E-state index contributed by atoms with van der Waals surface area (Å²) in [5.74, 6) is -1.34. The molecule has 35 heavy (non-hydrogen) atoms. The molecular formula is C23H20BrFN6O4. The molecule has 2 aromatic carbocycles. The minimum Gasteiger partial charge on any atom is -0.464 e. The van der Waals surface area contributed by atoms with Crippen LogP contribution < -0.4 is 10.1 Å². The van der Waals surface area contributed by atoms with Crippen LogP contribution >= 0.6 is 15.9 Å². The number of nitrogens with zero attached hydrogens (tertiary/aromatic N) is 5. The lowest BCUT2D eigenvalue weighted by Gasteiger charge is -2.08. The van der Waals surface area contributed by atoms with Gasteiger partial charge in [0.2, 0.25) is 5.75 Å². The summed E-state index contributed by atoms with van der Waals surface area (Å²) in [5, 5.41) is 22.5. The number of nitro benzene ring substituents is 1. The first-order valence-electron chi connectivity index (χ1n) is 10.4. The first kappa shape index (κ1) is 24.1. The highest BCUT2D eigenvalue weighted by molar-refractivity contribution is 9.10. The molecule has 0 aliphatic rings. The zero-order valence-corrected chi connectivity index (χ0v) is 20.3. The highest BCUT2D eigenvalue weighted by Gasteiger charge is 2.17. The fourth-order valence-electron chi connectivity index (χ4n) is 3.39. The second kappa shape index (κ2) is 10.1. The number of amides is 1. The molecule has 0 spiro atoms. The Labute approximate surface area is 207 Å². The molecule has 2 aromatic heterocycles. The van der Waals surface area contributed by atoms with Crippen molar-refractivity contribution in [1.29, 1.82) is 0 Å². The Bertz CT molecular complexity index is 1420. The van der Waals surface area contributed by atoms with Crippen molar-refractivity contribution in [2.75, 3.05) is 5.32 Å². The van der Waals surface area contributed by atoms with Crippen LogP contribution in [0.1, 0.15) is 27.4 Å². The minimum atomic E-state index is -0.668. The highest BCUT2D eigenvalue weighted by Crippen LogP contribution is 2.27. The summed E-state index contributed by atoms with van der Waals surface area (Å²) in [6.07, 6.45) is 1.48. The Hall–Kier alpha value is -4.06. The summed E-state index contributed by atoms with van der Waals surface area (Å²) < 4.78 is 22.9. The first-order chi connectivity index (χ1) is 16.7. The molecule has 0 aliphatic heterocycles. The van der Waals surface area contributed by atoms with Crippen LogP contribution in [-0.4, -0.2) is 30.4 Å². The third-order valence-electron chi connectivity index (χ3n) is 5.15. The van der Waals surface area contributed by atoms with Crippen molar-refractivity contribution in [3.8, 4) is 5.75 Å². The maximum atomic E-state index is 13.5. The van der Waals surface area contributed by atoms with Crippen molar-refractivity contribution in [2.24, 2.45) is 0 Å². The molecular weight excluding hydrogens is 523 g/mol. The van der Waals surface area contributed by atoms with E-state index >= 15 is 0 Å². The second-order valence-corrected chi connectivity index (χ2v) is 8.47. The fourth-order valence-corrected chi connectivity index (χ4v) is 3.67. The summed E-state index contributed by atoms with van der Waals surface area (Å²) >= 11 is 3.52. The van der Waals surface area contributed by atoms with Gasteiger partial charge < -0.3 is 10.1 Å². The number of ether oxygens (including phenoxy) is 1. The largest absolute Gasteiger partial charge is 0.464 e. The van der Waals surface area contributed by atoms with Crippen LogP contribution in [-0.2, 0) is 13.3 Å². The van der Waals surface area contributed by atoms with Crippen molar-refractivity contribution in [3.05, 3.63) is 97.8 Å². The molecule has 1 N–H and O–H groups in total. The van der Waals surface area contributed by atoms with Gasteiger partial charge in [-0.15, -0.1) is 0 Å². The molecule has 0 fully saturated rings. The van der Waals surface area contributed by atoms with Crippen molar-refractivity contribution in [3.63, 3.8) is 0 Å². The van der Waals surface area contributed by atoms with E-state index in [-0.39, 0.29) is 23.9 Å². The molecule has 4 aromatic rings. The summed E-state index contributed by atoms with van der Waals surface area (Å²) in [6.45, 7) is 4.20. The smallest absolute Gasteiger partial charge is 0.311 e. The molecule has 1 amide bonds. The number of carbonyl (C=O) groups is 1. The number of aromatic nitrogens is 4.